The Bertz CT molecular complexity index is 637. The fraction of sp³-hybridized carbons (Fsp3) is 0.353. The third-order valence-corrected chi connectivity index (χ3v) is 4.84. The lowest BCUT2D eigenvalue weighted by Gasteiger charge is -2.19. The highest BCUT2D eigenvalue weighted by Gasteiger charge is 2.12. The predicted molar refractivity (Wildman–Crippen MR) is 87.2 cm³/mol. The fourth-order valence-electron chi connectivity index (χ4n) is 2.81. The molecular weight excluding hydrogens is 312 g/mol. The summed E-state index contributed by atoms with van der Waals surface area (Å²) in [6, 6.07) is 9.04. The number of hydrogen-bond acceptors (Lipinski definition) is 2. The largest absolute Gasteiger partial charge is 0.355 e. The van der Waals surface area contributed by atoms with Gasteiger partial charge in [0, 0.05) is 24.3 Å². The van der Waals surface area contributed by atoms with Crippen LogP contribution in [0.1, 0.15) is 28.7 Å². The zero-order valence-corrected chi connectivity index (χ0v) is 13.6. The van der Waals surface area contributed by atoms with E-state index < -0.39 is 0 Å². The van der Waals surface area contributed by atoms with Crippen molar-refractivity contribution in [2.75, 3.05) is 11.9 Å². The van der Waals surface area contributed by atoms with Crippen LogP contribution in [-0.2, 0) is 19.4 Å². The molecule has 0 spiro atoms. The molecule has 2 nitrogen and oxygen atoms in total. The van der Waals surface area contributed by atoms with Crippen molar-refractivity contribution in [3.63, 3.8) is 0 Å². The van der Waals surface area contributed by atoms with Crippen LogP contribution in [-0.4, -0.2) is 12.0 Å². The van der Waals surface area contributed by atoms with Crippen molar-refractivity contribution in [1.29, 1.82) is 0 Å². The molecule has 0 fully saturated rings. The van der Waals surface area contributed by atoms with Gasteiger partial charge in [-0.2, -0.15) is 0 Å². The first-order valence-corrected chi connectivity index (χ1v) is 7.87. The summed E-state index contributed by atoms with van der Waals surface area (Å²) in [5, 5.41) is 0. The molecule has 3 rings (SSSR count). The molecule has 0 amide bonds. The van der Waals surface area contributed by atoms with Crippen LogP contribution in [0, 0.1) is 6.92 Å². The highest BCUT2D eigenvalue weighted by Crippen LogP contribution is 2.24. The van der Waals surface area contributed by atoms with Gasteiger partial charge in [-0.1, -0.05) is 18.2 Å². The van der Waals surface area contributed by atoms with E-state index in [0.29, 0.717) is 0 Å². The number of rotatable bonds is 3. The minimum Gasteiger partial charge on any atom is -0.355 e. The Morgan fingerprint density at radius 1 is 1.20 bits per heavy atom. The van der Waals surface area contributed by atoms with E-state index in [1.165, 1.54) is 41.5 Å². The average molecular weight is 331 g/mol. The van der Waals surface area contributed by atoms with Gasteiger partial charge in [-0.3, -0.25) is 0 Å². The van der Waals surface area contributed by atoms with E-state index in [1.54, 1.807) is 0 Å². The summed E-state index contributed by atoms with van der Waals surface area (Å²) in [4.78, 5) is 6.69. The Kier molecular flexibility index (Phi) is 3.79. The summed E-state index contributed by atoms with van der Waals surface area (Å²) >= 11 is 3.50. The highest BCUT2D eigenvalue weighted by molar-refractivity contribution is 9.10. The molecule has 2 aromatic rings. The van der Waals surface area contributed by atoms with Crippen LogP contribution >= 0.6 is 15.9 Å². The van der Waals surface area contributed by atoms with Crippen molar-refractivity contribution >= 4 is 21.7 Å². The molecule has 20 heavy (non-hydrogen) atoms. The Morgan fingerprint density at radius 2 is 2.00 bits per heavy atom. The van der Waals surface area contributed by atoms with E-state index in [1.807, 2.05) is 6.20 Å². The molecule has 1 aliphatic rings. The lowest BCUT2D eigenvalue weighted by Crippen LogP contribution is -2.17. The summed E-state index contributed by atoms with van der Waals surface area (Å²) in [7, 11) is 2.10. The van der Waals surface area contributed by atoms with E-state index in [-0.39, 0.29) is 0 Å². The van der Waals surface area contributed by atoms with Crippen molar-refractivity contribution in [1.82, 2.24) is 4.98 Å². The molecule has 3 heteroatoms. The quantitative estimate of drug-likeness (QED) is 0.835. The van der Waals surface area contributed by atoms with E-state index in [0.717, 1.165) is 16.8 Å². The zero-order valence-electron chi connectivity index (χ0n) is 12.0. The summed E-state index contributed by atoms with van der Waals surface area (Å²) in [5.74, 6) is 1.02. The molecule has 0 unspecified atom stereocenters. The van der Waals surface area contributed by atoms with Crippen LogP contribution in [0.4, 0.5) is 5.82 Å². The van der Waals surface area contributed by atoms with Gasteiger partial charge in [-0.15, -0.1) is 0 Å². The zero-order chi connectivity index (χ0) is 14.1. The Hall–Kier alpha value is -1.35. The summed E-state index contributed by atoms with van der Waals surface area (Å²) in [6.07, 6.45) is 5.67. The Morgan fingerprint density at radius 3 is 2.80 bits per heavy atom. The second-order valence-electron chi connectivity index (χ2n) is 5.60. The van der Waals surface area contributed by atoms with Crippen LogP contribution in [0.25, 0.3) is 0 Å². The monoisotopic (exact) mass is 330 g/mol. The van der Waals surface area contributed by atoms with Gasteiger partial charge in [0.25, 0.3) is 0 Å². The van der Waals surface area contributed by atoms with Crippen LogP contribution in [0.2, 0.25) is 0 Å². The molecule has 0 atom stereocenters. The maximum atomic E-state index is 4.49. The third-order valence-electron chi connectivity index (χ3n) is 4.01. The lowest BCUT2D eigenvalue weighted by atomic mass is 10.1. The Balaban J connectivity index is 1.78. The summed E-state index contributed by atoms with van der Waals surface area (Å²) in [6.45, 7) is 3.00. The highest BCUT2D eigenvalue weighted by atomic mass is 79.9. The topological polar surface area (TPSA) is 16.1 Å². The minimum absolute atomic E-state index is 0.904. The molecule has 0 radical (unpaired) electrons. The van der Waals surface area contributed by atoms with Crippen LogP contribution < -0.4 is 4.90 Å². The van der Waals surface area contributed by atoms with Gasteiger partial charge in [-0.05, 0) is 70.4 Å². The number of fused-ring (bicyclic) bond motifs is 1. The van der Waals surface area contributed by atoms with E-state index >= 15 is 0 Å². The summed E-state index contributed by atoms with van der Waals surface area (Å²) in [5.41, 5.74) is 5.66. The average Bonchev–Trinajstić information content (AvgIpc) is 2.89. The van der Waals surface area contributed by atoms with Crippen LogP contribution in [0.3, 0.4) is 0 Å². The van der Waals surface area contributed by atoms with Gasteiger partial charge >= 0.3 is 0 Å². The molecule has 1 heterocycles. The van der Waals surface area contributed by atoms with Crippen LogP contribution in [0.15, 0.2) is 34.9 Å². The van der Waals surface area contributed by atoms with Crippen molar-refractivity contribution < 1.29 is 0 Å². The maximum absolute atomic E-state index is 4.49. The first kappa shape index (κ1) is 13.6. The molecular formula is C17H19BrN2. The maximum Gasteiger partial charge on any atom is 0.128 e. The molecule has 0 saturated heterocycles. The first-order chi connectivity index (χ1) is 9.63. The van der Waals surface area contributed by atoms with Gasteiger partial charge in [0.05, 0.1) is 0 Å². The molecule has 0 aliphatic heterocycles. The number of hydrogen-bond donors (Lipinski definition) is 0. The number of nitrogens with zero attached hydrogens (tertiary/aromatic N) is 2. The van der Waals surface area contributed by atoms with Gasteiger partial charge in [0.15, 0.2) is 0 Å². The third kappa shape index (κ3) is 2.73. The van der Waals surface area contributed by atoms with E-state index in [4.69, 9.17) is 0 Å². The smallest absolute Gasteiger partial charge is 0.128 e. The number of anilines is 1. The SMILES string of the molecule is Cc1cc(N(C)Cc2ccc3c(c2)CCC3)ncc1Br. The van der Waals surface area contributed by atoms with Crippen molar-refractivity contribution in [2.24, 2.45) is 0 Å². The Labute approximate surface area is 129 Å². The second-order valence-corrected chi connectivity index (χ2v) is 6.46. The predicted octanol–water partition coefficient (Wildman–Crippen LogP) is 4.28. The molecule has 0 bridgehead atoms. The molecule has 1 aliphatic carbocycles. The standard InChI is InChI=1S/C17H19BrN2/c1-12-8-17(19-10-16(12)18)20(2)11-13-6-7-14-4-3-5-15(14)9-13/h6-10H,3-5,11H2,1-2H3. The van der Waals surface area contributed by atoms with Gasteiger partial charge < -0.3 is 4.90 Å². The number of aromatic nitrogens is 1. The lowest BCUT2D eigenvalue weighted by molar-refractivity contribution is 0.891. The van der Waals surface area contributed by atoms with E-state index in [2.05, 4.69) is 64.1 Å². The van der Waals surface area contributed by atoms with Gasteiger partial charge in [-0.25, -0.2) is 4.98 Å². The normalized spacial score (nSPS) is 13.3. The van der Waals surface area contributed by atoms with Gasteiger partial charge in [0.1, 0.15) is 5.82 Å². The number of aryl methyl sites for hydroxylation is 3. The number of pyridine rings is 1. The molecule has 1 aromatic carbocycles. The van der Waals surface area contributed by atoms with E-state index in [9.17, 15) is 0 Å². The molecule has 104 valence electrons. The minimum atomic E-state index is 0.904. The van der Waals surface area contributed by atoms with Crippen LogP contribution in [0.5, 0.6) is 0 Å². The van der Waals surface area contributed by atoms with Crippen molar-refractivity contribution in [2.45, 2.75) is 32.7 Å². The number of halogens is 1. The van der Waals surface area contributed by atoms with Crippen molar-refractivity contribution in [3.05, 3.63) is 57.2 Å². The fourth-order valence-corrected chi connectivity index (χ4v) is 3.03. The summed E-state index contributed by atoms with van der Waals surface area (Å²) < 4.78 is 1.06. The van der Waals surface area contributed by atoms with Gasteiger partial charge in [0.2, 0.25) is 0 Å². The molecule has 1 aromatic heterocycles. The van der Waals surface area contributed by atoms with Crippen molar-refractivity contribution in [3.8, 4) is 0 Å². The molecule has 0 saturated carbocycles. The second kappa shape index (κ2) is 5.57. The molecule has 0 N–H and O–H groups in total. The number of benzene rings is 1. The first-order valence-electron chi connectivity index (χ1n) is 7.07.